The third kappa shape index (κ3) is 3.14. The molecule has 0 aromatic rings. The van der Waals surface area contributed by atoms with E-state index in [1.807, 2.05) is 19.1 Å². The number of epoxide rings is 1. The molecule has 0 spiro atoms. The first-order valence-electron chi connectivity index (χ1n) is 8.82. The van der Waals surface area contributed by atoms with Gasteiger partial charge in [-0.25, -0.2) is 9.59 Å². The Labute approximate surface area is 152 Å². The second-order valence-corrected chi connectivity index (χ2v) is 7.42. The molecule has 3 rings (SSSR count). The number of hydrogen-bond acceptors (Lipinski definition) is 6. The molecule has 0 aromatic carbocycles. The van der Waals surface area contributed by atoms with Gasteiger partial charge in [0.25, 0.3) is 0 Å². The molecule has 0 radical (unpaired) electrons. The van der Waals surface area contributed by atoms with Gasteiger partial charge >= 0.3 is 11.9 Å². The van der Waals surface area contributed by atoms with E-state index >= 15 is 0 Å². The lowest BCUT2D eigenvalue weighted by Gasteiger charge is -2.26. The highest BCUT2D eigenvalue weighted by Crippen LogP contribution is 2.40. The molecule has 0 amide bonds. The summed E-state index contributed by atoms with van der Waals surface area (Å²) in [5.74, 6) is -2.26. The van der Waals surface area contributed by atoms with Gasteiger partial charge in [0.1, 0.15) is 6.10 Å². The van der Waals surface area contributed by atoms with Crippen molar-refractivity contribution in [3.63, 3.8) is 0 Å². The lowest BCUT2D eigenvalue weighted by atomic mass is 9.84. The number of ketones is 1. The topological polar surface area (TPSA) is 82.2 Å². The number of ether oxygens (including phenoxy) is 3. The fourth-order valence-corrected chi connectivity index (χ4v) is 3.37. The van der Waals surface area contributed by atoms with E-state index in [1.165, 1.54) is 0 Å². The van der Waals surface area contributed by atoms with Gasteiger partial charge < -0.3 is 14.2 Å². The molecule has 0 aromatic heterocycles. The maximum absolute atomic E-state index is 13.0. The molecule has 0 unspecified atom stereocenters. The fraction of sp³-hybridized carbons (Fsp3) is 0.550. The van der Waals surface area contributed by atoms with Crippen LogP contribution in [0.25, 0.3) is 0 Å². The lowest BCUT2D eigenvalue weighted by Crippen LogP contribution is -2.42. The van der Waals surface area contributed by atoms with E-state index in [0.29, 0.717) is 12.0 Å². The van der Waals surface area contributed by atoms with Gasteiger partial charge in [-0.3, -0.25) is 4.79 Å². The van der Waals surface area contributed by atoms with E-state index in [1.54, 1.807) is 20.8 Å². The smallest absolute Gasteiger partial charge is 0.341 e. The average molecular weight is 360 g/mol. The van der Waals surface area contributed by atoms with Gasteiger partial charge in [0.2, 0.25) is 0 Å². The molecule has 6 nitrogen and oxygen atoms in total. The highest BCUT2D eigenvalue weighted by atomic mass is 16.7. The molecule has 2 aliphatic heterocycles. The Hall–Kier alpha value is -2.21. The number of fused-ring (bicyclic) bond motifs is 1. The van der Waals surface area contributed by atoms with Crippen LogP contribution in [0.2, 0.25) is 0 Å². The summed E-state index contributed by atoms with van der Waals surface area (Å²) in [7, 11) is 0. The van der Waals surface area contributed by atoms with Crippen molar-refractivity contribution in [2.75, 3.05) is 0 Å². The van der Waals surface area contributed by atoms with E-state index in [2.05, 4.69) is 6.58 Å². The second-order valence-electron chi connectivity index (χ2n) is 7.42. The molecule has 6 heteroatoms. The van der Waals surface area contributed by atoms with Crippen molar-refractivity contribution in [2.24, 2.45) is 5.92 Å². The Morgan fingerprint density at radius 1 is 1.35 bits per heavy atom. The molecular formula is C20H24O6. The van der Waals surface area contributed by atoms with E-state index < -0.39 is 35.7 Å². The van der Waals surface area contributed by atoms with Crippen molar-refractivity contribution in [3.8, 4) is 0 Å². The van der Waals surface area contributed by atoms with Crippen LogP contribution in [0, 0.1) is 5.92 Å². The zero-order valence-corrected chi connectivity index (χ0v) is 15.5. The van der Waals surface area contributed by atoms with Crippen LogP contribution in [0.1, 0.15) is 40.5 Å². The molecular weight excluding hydrogens is 336 g/mol. The standard InChI is InChI=1S/C20H24O6/c1-10-7-6-8-11(2)16(21)17(25-19(23)20(5)13(4)26-20)15-12(3)18(22)24-14(15)9-10/h8-9,13-15,17H,3,6-7H2,1-2,4-5H3/t13-,14-,15-,17+,20-/m0/s1. The third-order valence-electron chi connectivity index (χ3n) is 5.45. The van der Waals surface area contributed by atoms with Crippen molar-refractivity contribution >= 4 is 17.7 Å². The predicted octanol–water partition coefficient (Wildman–Crippen LogP) is 2.43. The zero-order chi connectivity index (χ0) is 19.2. The first-order chi connectivity index (χ1) is 12.1. The minimum absolute atomic E-state index is 0.147. The van der Waals surface area contributed by atoms with Crippen molar-refractivity contribution in [2.45, 2.75) is 64.4 Å². The van der Waals surface area contributed by atoms with Crippen molar-refractivity contribution in [1.29, 1.82) is 0 Å². The summed E-state index contributed by atoms with van der Waals surface area (Å²) < 4.78 is 16.3. The Balaban J connectivity index is 1.98. The monoisotopic (exact) mass is 360 g/mol. The summed E-state index contributed by atoms with van der Waals surface area (Å²) in [6.45, 7) is 10.8. The van der Waals surface area contributed by atoms with Gasteiger partial charge in [-0.2, -0.15) is 0 Å². The predicted molar refractivity (Wildman–Crippen MR) is 93.1 cm³/mol. The normalized spacial score (nSPS) is 37.3. The molecule has 0 saturated carbocycles. The van der Waals surface area contributed by atoms with Crippen LogP contribution in [0.3, 0.4) is 0 Å². The summed E-state index contributed by atoms with van der Waals surface area (Å²) in [5, 5.41) is 0. The molecule has 2 heterocycles. The molecule has 0 N–H and O–H groups in total. The Morgan fingerprint density at radius 3 is 2.62 bits per heavy atom. The van der Waals surface area contributed by atoms with E-state index in [9.17, 15) is 14.4 Å². The molecule has 140 valence electrons. The minimum atomic E-state index is -1.17. The van der Waals surface area contributed by atoms with Crippen molar-refractivity contribution in [1.82, 2.24) is 0 Å². The Morgan fingerprint density at radius 2 is 2.00 bits per heavy atom. The number of esters is 2. The highest BCUT2D eigenvalue weighted by molar-refractivity contribution is 6.02. The van der Waals surface area contributed by atoms with E-state index in [0.717, 1.165) is 12.0 Å². The first kappa shape index (κ1) is 18.6. The third-order valence-corrected chi connectivity index (χ3v) is 5.45. The summed E-state index contributed by atoms with van der Waals surface area (Å²) in [6.07, 6.45) is 2.98. The minimum Gasteiger partial charge on any atom is -0.454 e. The molecule has 26 heavy (non-hydrogen) atoms. The highest BCUT2D eigenvalue weighted by Gasteiger charge is 2.59. The number of carbonyl (C=O) groups is 3. The first-order valence-corrected chi connectivity index (χ1v) is 8.82. The van der Waals surface area contributed by atoms with Crippen molar-refractivity contribution in [3.05, 3.63) is 35.5 Å². The number of allylic oxidation sites excluding steroid dienone is 2. The van der Waals surface area contributed by atoms with Crippen LogP contribution in [0.4, 0.5) is 0 Å². The summed E-state index contributed by atoms with van der Waals surface area (Å²) in [5.41, 5.74) is 0.628. The van der Waals surface area contributed by atoms with Gasteiger partial charge in [0, 0.05) is 5.57 Å². The lowest BCUT2D eigenvalue weighted by molar-refractivity contribution is -0.162. The van der Waals surface area contributed by atoms with Crippen LogP contribution in [-0.4, -0.2) is 41.6 Å². The van der Waals surface area contributed by atoms with Crippen LogP contribution < -0.4 is 0 Å². The summed E-state index contributed by atoms with van der Waals surface area (Å²) >= 11 is 0. The van der Waals surface area contributed by atoms with Gasteiger partial charge in [-0.15, -0.1) is 0 Å². The summed E-state index contributed by atoms with van der Waals surface area (Å²) in [4.78, 5) is 37.6. The number of rotatable bonds is 2. The second kappa shape index (κ2) is 6.50. The fourth-order valence-electron chi connectivity index (χ4n) is 3.37. The largest absolute Gasteiger partial charge is 0.454 e. The maximum atomic E-state index is 13.0. The maximum Gasteiger partial charge on any atom is 0.341 e. The molecule has 2 fully saturated rings. The Bertz CT molecular complexity index is 745. The van der Waals surface area contributed by atoms with Gasteiger partial charge in [-0.05, 0) is 52.2 Å². The average Bonchev–Trinajstić information content (AvgIpc) is 3.10. The molecule has 1 aliphatic carbocycles. The molecule has 2 saturated heterocycles. The van der Waals surface area contributed by atoms with Crippen LogP contribution >= 0.6 is 0 Å². The van der Waals surface area contributed by atoms with E-state index in [4.69, 9.17) is 14.2 Å². The Kier molecular flexibility index (Phi) is 4.65. The summed E-state index contributed by atoms with van der Waals surface area (Å²) in [6, 6.07) is 0. The quantitative estimate of drug-likeness (QED) is 0.326. The van der Waals surface area contributed by atoms with Gasteiger partial charge in [0.15, 0.2) is 17.5 Å². The number of Topliss-reactive ketones (excluding diaryl/α,β-unsaturated/α-hetero) is 1. The molecule has 5 atom stereocenters. The molecule has 0 bridgehead atoms. The van der Waals surface area contributed by atoms with Crippen LogP contribution in [0.15, 0.2) is 35.5 Å². The molecule has 3 aliphatic rings. The zero-order valence-electron chi connectivity index (χ0n) is 15.5. The SMILES string of the molecule is C=C1C(=O)O[C@H]2C=C(C)CCC=C(C)C(=O)[C@H](OC(=O)[C@@]3(C)O[C@H]3C)[C@@H]12. The van der Waals surface area contributed by atoms with E-state index in [-0.39, 0.29) is 17.5 Å². The number of carbonyl (C=O) groups excluding carboxylic acids is 3. The van der Waals surface area contributed by atoms with Crippen molar-refractivity contribution < 1.29 is 28.6 Å². The van der Waals surface area contributed by atoms with Crippen LogP contribution in [0.5, 0.6) is 0 Å². The number of hydrogen-bond donors (Lipinski definition) is 0. The van der Waals surface area contributed by atoms with Gasteiger partial charge in [-0.1, -0.05) is 18.2 Å². The van der Waals surface area contributed by atoms with Gasteiger partial charge in [0.05, 0.1) is 12.0 Å². The van der Waals surface area contributed by atoms with Crippen LogP contribution in [-0.2, 0) is 28.6 Å².